The number of rotatable bonds is 3. The van der Waals surface area contributed by atoms with Crippen LogP contribution in [-0.4, -0.2) is 14.7 Å². The Morgan fingerprint density at radius 3 is 2.29 bits per heavy atom. The van der Waals surface area contributed by atoms with Gasteiger partial charge in [-0.25, -0.2) is 0 Å². The van der Waals surface area contributed by atoms with Gasteiger partial charge in [-0.15, -0.1) is 0 Å². The topological polar surface area (TPSA) is 9.23 Å². The maximum absolute atomic E-state index is 4.78. The van der Waals surface area contributed by atoms with E-state index >= 15 is 0 Å². The Kier molecular flexibility index (Phi) is 4.21. The molecule has 1 nitrogen and oxygen atoms in total. The molecule has 0 aliphatic heterocycles. The largest absolute Gasteiger partial charge is 0.448 e. The van der Waals surface area contributed by atoms with E-state index in [4.69, 9.17) is 8.05 Å². The molecule has 0 heterocycles. The predicted octanol–water partition coefficient (Wildman–Crippen LogP) is 1.13. The highest BCUT2D eigenvalue weighted by Crippen LogP contribution is 1.96. The molecule has 0 fully saturated rings. The minimum atomic E-state index is 0.678. The molecule has 2 radical (unpaired) electrons. The average Bonchev–Trinajstić information content (AvgIpc) is 1.61. The van der Waals surface area contributed by atoms with Crippen molar-refractivity contribution in [3.05, 3.63) is 0 Å². The first-order chi connectivity index (χ1) is 3.27. The van der Waals surface area contributed by atoms with Crippen LogP contribution in [0.3, 0.4) is 0 Å². The maximum atomic E-state index is 4.78. The first-order valence-electron chi connectivity index (χ1n) is 2.59. The minimum Gasteiger partial charge on any atom is -0.448 e. The summed E-state index contributed by atoms with van der Waals surface area (Å²) < 4.78 is 4.35. The second-order valence-electron chi connectivity index (χ2n) is 2.05. The predicted molar refractivity (Wildman–Crippen MR) is 31.2 cm³/mol. The summed E-state index contributed by atoms with van der Waals surface area (Å²) in [5, 5.41) is 0. The average molecular weight is 98.0 g/mol. The van der Waals surface area contributed by atoms with Crippen LogP contribution in [-0.2, 0) is 4.65 Å². The Labute approximate surface area is 46.5 Å². The van der Waals surface area contributed by atoms with Crippen molar-refractivity contribution in [3.63, 3.8) is 0 Å². The molecule has 0 saturated carbocycles. The Morgan fingerprint density at radius 1 is 1.57 bits per heavy atom. The molecular formula is C5H11BO. The first kappa shape index (κ1) is 7.02. The minimum absolute atomic E-state index is 0.678. The van der Waals surface area contributed by atoms with Gasteiger partial charge in [-0.05, 0) is 12.3 Å². The summed E-state index contributed by atoms with van der Waals surface area (Å²) in [5.41, 5.74) is 0. The van der Waals surface area contributed by atoms with Crippen LogP contribution in [0, 0.1) is 5.92 Å². The van der Waals surface area contributed by atoms with Gasteiger partial charge in [-0.2, -0.15) is 0 Å². The van der Waals surface area contributed by atoms with Crippen molar-refractivity contribution in [1.29, 1.82) is 0 Å². The third-order valence-corrected chi connectivity index (χ3v) is 0.813. The van der Waals surface area contributed by atoms with E-state index in [1.54, 1.807) is 0 Å². The first-order valence-corrected chi connectivity index (χ1v) is 2.59. The highest BCUT2D eigenvalue weighted by Gasteiger charge is 1.88. The van der Waals surface area contributed by atoms with Gasteiger partial charge in [-0.3, -0.25) is 0 Å². The van der Waals surface area contributed by atoms with Crippen LogP contribution in [0.4, 0.5) is 0 Å². The Balaban J connectivity index is 2.68. The molecule has 0 spiro atoms. The molecule has 0 aliphatic rings. The smallest absolute Gasteiger partial charge is 0.282 e. The van der Waals surface area contributed by atoms with Gasteiger partial charge in [0.05, 0.1) is 0 Å². The molecule has 0 aromatic rings. The molecule has 0 aliphatic carbocycles. The Hall–Kier alpha value is 0.0249. The van der Waals surface area contributed by atoms with Crippen LogP contribution in [0.5, 0.6) is 0 Å². The zero-order chi connectivity index (χ0) is 5.70. The fourth-order valence-corrected chi connectivity index (χ4v) is 0.304. The van der Waals surface area contributed by atoms with Crippen LogP contribution in [0.25, 0.3) is 0 Å². The van der Waals surface area contributed by atoms with Crippen molar-refractivity contribution in [1.82, 2.24) is 0 Å². The van der Waals surface area contributed by atoms with Crippen molar-refractivity contribution in [2.45, 2.75) is 20.3 Å². The Bertz CT molecular complexity index is 37.1. The second kappa shape index (κ2) is 4.19. The highest BCUT2D eigenvalue weighted by atomic mass is 16.4. The Morgan fingerprint density at radius 2 is 2.14 bits per heavy atom. The van der Waals surface area contributed by atoms with Crippen molar-refractivity contribution in [3.8, 4) is 0 Å². The summed E-state index contributed by atoms with van der Waals surface area (Å²) in [7, 11) is 4.78. The maximum Gasteiger partial charge on any atom is 0.282 e. The fraction of sp³-hybridized carbons (Fsp3) is 1.00. The van der Waals surface area contributed by atoms with Crippen molar-refractivity contribution in [2.24, 2.45) is 5.92 Å². The van der Waals surface area contributed by atoms with Crippen LogP contribution in [0.2, 0.25) is 0 Å². The monoisotopic (exact) mass is 98.1 g/mol. The summed E-state index contributed by atoms with van der Waals surface area (Å²) in [6, 6.07) is 0. The van der Waals surface area contributed by atoms with Gasteiger partial charge in [0.15, 0.2) is 0 Å². The van der Waals surface area contributed by atoms with Gasteiger partial charge in [0.2, 0.25) is 0 Å². The van der Waals surface area contributed by atoms with Gasteiger partial charge in [0.25, 0.3) is 8.05 Å². The van der Waals surface area contributed by atoms with Crippen molar-refractivity contribution in [2.75, 3.05) is 6.61 Å². The molecule has 0 amide bonds. The molecular weight excluding hydrogens is 86.9 g/mol. The van der Waals surface area contributed by atoms with Crippen LogP contribution in [0.1, 0.15) is 20.3 Å². The third kappa shape index (κ3) is 6.02. The molecule has 0 saturated heterocycles. The van der Waals surface area contributed by atoms with Crippen LogP contribution in [0.15, 0.2) is 0 Å². The number of hydrogen-bond donors (Lipinski definition) is 0. The lowest BCUT2D eigenvalue weighted by Gasteiger charge is -2.00. The summed E-state index contributed by atoms with van der Waals surface area (Å²) >= 11 is 0. The molecule has 2 heteroatoms. The molecule has 0 N–H and O–H groups in total. The molecule has 0 rings (SSSR count). The number of hydrogen-bond acceptors (Lipinski definition) is 1. The summed E-state index contributed by atoms with van der Waals surface area (Å²) in [4.78, 5) is 0. The molecule has 7 heavy (non-hydrogen) atoms. The molecule has 0 aromatic heterocycles. The molecule has 0 atom stereocenters. The van der Waals surface area contributed by atoms with Gasteiger partial charge < -0.3 is 4.65 Å². The lowest BCUT2D eigenvalue weighted by atomic mass is 10.1. The standard InChI is InChI=1S/C5H11BO/c1-5(2)3-4-7-6/h5H,3-4H2,1-2H3. The SMILES string of the molecule is [B]OCCC(C)C. The van der Waals surface area contributed by atoms with Crippen molar-refractivity contribution >= 4 is 8.05 Å². The van der Waals surface area contributed by atoms with Gasteiger partial charge >= 0.3 is 0 Å². The lowest BCUT2D eigenvalue weighted by Crippen LogP contribution is -1.94. The van der Waals surface area contributed by atoms with E-state index in [2.05, 4.69) is 18.5 Å². The fourth-order valence-electron chi connectivity index (χ4n) is 0.304. The molecule has 0 aromatic carbocycles. The van der Waals surface area contributed by atoms with E-state index in [0.29, 0.717) is 12.5 Å². The normalized spacial score (nSPS) is 10.1. The van der Waals surface area contributed by atoms with E-state index in [9.17, 15) is 0 Å². The van der Waals surface area contributed by atoms with E-state index in [1.165, 1.54) is 0 Å². The second-order valence-corrected chi connectivity index (χ2v) is 2.05. The van der Waals surface area contributed by atoms with E-state index < -0.39 is 0 Å². The van der Waals surface area contributed by atoms with Gasteiger partial charge in [0, 0.05) is 6.61 Å². The zero-order valence-corrected chi connectivity index (χ0v) is 4.98. The summed E-state index contributed by atoms with van der Waals surface area (Å²) in [6.07, 6.45) is 1.05. The van der Waals surface area contributed by atoms with Crippen molar-refractivity contribution < 1.29 is 4.65 Å². The van der Waals surface area contributed by atoms with Gasteiger partial charge in [-0.1, -0.05) is 13.8 Å². The quantitative estimate of drug-likeness (QED) is 0.480. The molecule has 0 unspecified atom stereocenters. The molecule has 40 valence electrons. The summed E-state index contributed by atoms with van der Waals surface area (Å²) in [6.45, 7) is 4.95. The van der Waals surface area contributed by atoms with Crippen LogP contribution >= 0.6 is 0 Å². The van der Waals surface area contributed by atoms with Crippen LogP contribution < -0.4 is 0 Å². The third-order valence-electron chi connectivity index (χ3n) is 0.813. The van der Waals surface area contributed by atoms with E-state index in [-0.39, 0.29) is 0 Å². The lowest BCUT2D eigenvalue weighted by molar-refractivity contribution is 0.315. The molecule has 0 bridgehead atoms. The summed E-state index contributed by atoms with van der Waals surface area (Å²) in [5.74, 6) is 0.698. The van der Waals surface area contributed by atoms with E-state index in [0.717, 1.165) is 6.42 Å². The highest BCUT2D eigenvalue weighted by molar-refractivity contribution is 5.97. The van der Waals surface area contributed by atoms with E-state index in [1.807, 2.05) is 0 Å². The van der Waals surface area contributed by atoms with Gasteiger partial charge in [0.1, 0.15) is 0 Å². The zero-order valence-electron chi connectivity index (χ0n) is 4.98.